The summed E-state index contributed by atoms with van der Waals surface area (Å²) in [6, 6.07) is 0. The van der Waals surface area contributed by atoms with E-state index in [-0.39, 0.29) is 24.8 Å². The SMILES string of the molecule is O=C(CCCCC(=O)OCC1CCCC1)OCC1CCCC1.O=C(O)CCCCC(=O)O.OCC1CCCC1. The molecule has 39 heavy (non-hydrogen) atoms. The molecule has 9 nitrogen and oxygen atoms in total. The lowest BCUT2D eigenvalue weighted by molar-refractivity contribution is -0.147. The van der Waals surface area contributed by atoms with Crippen LogP contribution in [0.5, 0.6) is 0 Å². The normalized spacial score (nSPS) is 17.6. The van der Waals surface area contributed by atoms with Crippen LogP contribution in [0.2, 0.25) is 0 Å². The molecule has 0 aromatic rings. The van der Waals surface area contributed by atoms with Crippen molar-refractivity contribution in [1.29, 1.82) is 0 Å². The van der Waals surface area contributed by atoms with Crippen LogP contribution in [0.1, 0.15) is 128 Å². The number of unbranched alkanes of at least 4 members (excludes halogenated alkanes) is 2. The highest BCUT2D eigenvalue weighted by Crippen LogP contribution is 2.26. The summed E-state index contributed by atoms with van der Waals surface area (Å²) in [5, 5.41) is 24.8. The van der Waals surface area contributed by atoms with Gasteiger partial charge in [0.2, 0.25) is 0 Å². The van der Waals surface area contributed by atoms with Gasteiger partial charge in [0.1, 0.15) is 0 Å². The molecule has 0 aromatic carbocycles. The number of hydrogen-bond donors (Lipinski definition) is 3. The Morgan fingerprint density at radius 1 is 0.513 bits per heavy atom. The number of esters is 2. The summed E-state index contributed by atoms with van der Waals surface area (Å²) in [5.74, 6) is -0.169. The van der Waals surface area contributed by atoms with Gasteiger partial charge in [-0.2, -0.15) is 0 Å². The van der Waals surface area contributed by atoms with Gasteiger partial charge < -0.3 is 24.8 Å². The molecule has 3 saturated carbocycles. The van der Waals surface area contributed by atoms with Gasteiger partial charge in [-0.05, 0) is 82.0 Å². The maximum Gasteiger partial charge on any atom is 0.305 e. The highest BCUT2D eigenvalue weighted by atomic mass is 16.5. The fourth-order valence-corrected chi connectivity index (χ4v) is 5.20. The Morgan fingerprint density at radius 3 is 1.10 bits per heavy atom. The van der Waals surface area contributed by atoms with Crippen LogP contribution < -0.4 is 0 Å². The highest BCUT2D eigenvalue weighted by molar-refractivity contribution is 5.70. The number of carboxylic acid groups (broad SMARTS) is 2. The van der Waals surface area contributed by atoms with Gasteiger partial charge in [-0.1, -0.05) is 38.5 Å². The van der Waals surface area contributed by atoms with Crippen molar-refractivity contribution in [2.75, 3.05) is 19.8 Å². The molecule has 0 aromatic heterocycles. The van der Waals surface area contributed by atoms with Gasteiger partial charge in [0.05, 0.1) is 13.2 Å². The van der Waals surface area contributed by atoms with Gasteiger partial charge in [-0.25, -0.2) is 0 Å². The van der Waals surface area contributed by atoms with Crippen LogP contribution in [-0.4, -0.2) is 59.0 Å². The van der Waals surface area contributed by atoms with Crippen LogP contribution >= 0.6 is 0 Å². The number of carbonyl (C=O) groups is 4. The number of carboxylic acids is 2. The molecule has 0 heterocycles. The number of aliphatic hydroxyl groups excluding tert-OH is 1. The number of aliphatic carboxylic acids is 2. The van der Waals surface area contributed by atoms with Crippen LogP contribution in [0.4, 0.5) is 0 Å². The molecular weight excluding hydrogens is 504 g/mol. The van der Waals surface area contributed by atoms with Gasteiger partial charge in [-0.3, -0.25) is 19.2 Å². The van der Waals surface area contributed by atoms with Crippen molar-refractivity contribution in [1.82, 2.24) is 0 Å². The lowest BCUT2D eigenvalue weighted by atomic mass is 10.1. The monoisotopic (exact) mass is 556 g/mol. The minimum Gasteiger partial charge on any atom is -0.481 e. The van der Waals surface area contributed by atoms with Crippen molar-refractivity contribution in [3.05, 3.63) is 0 Å². The molecule has 226 valence electrons. The number of rotatable bonds is 15. The van der Waals surface area contributed by atoms with E-state index < -0.39 is 11.9 Å². The second kappa shape index (κ2) is 22.6. The molecule has 0 bridgehead atoms. The molecule has 9 heteroatoms. The number of aliphatic hydroxyl groups is 1. The van der Waals surface area contributed by atoms with E-state index in [1.807, 2.05) is 0 Å². The van der Waals surface area contributed by atoms with Crippen LogP contribution in [0.15, 0.2) is 0 Å². The molecule has 3 rings (SSSR count). The summed E-state index contributed by atoms with van der Waals surface area (Å²) in [5.41, 5.74) is 0. The minimum absolute atomic E-state index is 0.0628. The van der Waals surface area contributed by atoms with E-state index in [1.165, 1.54) is 77.0 Å². The quantitative estimate of drug-likeness (QED) is 0.166. The molecule has 0 radical (unpaired) electrons. The summed E-state index contributed by atoms with van der Waals surface area (Å²) in [6.07, 6.45) is 18.3. The molecular formula is C30H52O9. The fraction of sp³-hybridized carbons (Fsp3) is 0.867. The molecule has 0 atom stereocenters. The van der Waals surface area contributed by atoms with E-state index in [1.54, 1.807) is 0 Å². The first-order valence-electron chi connectivity index (χ1n) is 15.2. The first kappa shape index (κ1) is 34.9. The van der Waals surface area contributed by atoms with Crippen molar-refractivity contribution >= 4 is 23.9 Å². The first-order valence-corrected chi connectivity index (χ1v) is 15.2. The lowest BCUT2D eigenvalue weighted by Gasteiger charge is -2.10. The Bertz CT molecular complexity index is 626. The van der Waals surface area contributed by atoms with Crippen molar-refractivity contribution in [3.63, 3.8) is 0 Å². The average Bonchev–Trinajstić information content (AvgIpc) is 3.71. The number of ether oxygens (including phenoxy) is 2. The molecule has 0 amide bonds. The van der Waals surface area contributed by atoms with E-state index >= 15 is 0 Å². The zero-order valence-corrected chi connectivity index (χ0v) is 23.8. The third kappa shape index (κ3) is 20.4. The maximum absolute atomic E-state index is 11.6. The predicted octanol–water partition coefficient (Wildman–Crippen LogP) is 5.90. The van der Waals surface area contributed by atoms with Crippen LogP contribution in [0.3, 0.4) is 0 Å². The van der Waals surface area contributed by atoms with Crippen LogP contribution in [0.25, 0.3) is 0 Å². The summed E-state index contributed by atoms with van der Waals surface area (Å²) < 4.78 is 10.6. The molecule has 3 N–H and O–H groups in total. The van der Waals surface area contributed by atoms with Gasteiger partial charge in [-0.15, -0.1) is 0 Å². The third-order valence-corrected chi connectivity index (χ3v) is 7.69. The van der Waals surface area contributed by atoms with Gasteiger partial charge in [0, 0.05) is 32.3 Å². The fourth-order valence-electron chi connectivity index (χ4n) is 5.20. The zero-order valence-electron chi connectivity index (χ0n) is 23.8. The van der Waals surface area contributed by atoms with E-state index in [2.05, 4.69) is 0 Å². The summed E-state index contributed by atoms with van der Waals surface area (Å²) in [7, 11) is 0. The average molecular weight is 557 g/mol. The second-order valence-corrected chi connectivity index (χ2v) is 11.2. The minimum atomic E-state index is -0.870. The molecule has 0 unspecified atom stereocenters. The molecule has 3 aliphatic rings. The Hall–Kier alpha value is -2.16. The molecule has 0 spiro atoms. The van der Waals surface area contributed by atoms with Crippen molar-refractivity contribution in [2.45, 2.75) is 128 Å². The Morgan fingerprint density at radius 2 is 0.821 bits per heavy atom. The second-order valence-electron chi connectivity index (χ2n) is 11.2. The molecule has 3 aliphatic carbocycles. The first-order chi connectivity index (χ1) is 18.8. The summed E-state index contributed by atoms with van der Waals surface area (Å²) >= 11 is 0. The van der Waals surface area contributed by atoms with E-state index in [9.17, 15) is 19.2 Å². The lowest BCUT2D eigenvalue weighted by Crippen LogP contribution is -2.13. The van der Waals surface area contributed by atoms with Crippen molar-refractivity contribution < 1.29 is 44.0 Å². The van der Waals surface area contributed by atoms with Crippen LogP contribution in [0, 0.1) is 17.8 Å². The Kier molecular flexibility index (Phi) is 20.2. The third-order valence-electron chi connectivity index (χ3n) is 7.69. The molecule has 0 saturated heterocycles. The van der Waals surface area contributed by atoms with Gasteiger partial charge in [0.25, 0.3) is 0 Å². The smallest absolute Gasteiger partial charge is 0.305 e. The predicted molar refractivity (Wildman–Crippen MR) is 147 cm³/mol. The van der Waals surface area contributed by atoms with E-state index in [0.717, 1.165) is 0 Å². The standard InChI is InChI=1S/C18H30O4.C6H10O4.C6H12O/c19-17(21-13-15-7-1-2-8-15)11-5-6-12-18(20)22-14-16-9-3-4-10-16;7-5(8)3-1-2-4-6(9)10;7-5-6-3-1-2-4-6/h15-16H,1-14H2;1-4H2,(H,7,8)(H,9,10);6-7H,1-5H2. The zero-order chi connectivity index (χ0) is 28.7. The van der Waals surface area contributed by atoms with E-state index in [0.29, 0.717) is 76.1 Å². The maximum atomic E-state index is 11.6. The Labute approximate surface area is 234 Å². The summed E-state index contributed by atoms with van der Waals surface area (Å²) in [4.78, 5) is 43.0. The van der Waals surface area contributed by atoms with E-state index in [4.69, 9.17) is 24.8 Å². The van der Waals surface area contributed by atoms with Crippen molar-refractivity contribution in [2.24, 2.45) is 17.8 Å². The van der Waals surface area contributed by atoms with Crippen molar-refractivity contribution in [3.8, 4) is 0 Å². The Balaban J connectivity index is 0.000000367. The molecule has 0 aliphatic heterocycles. The highest BCUT2D eigenvalue weighted by Gasteiger charge is 2.18. The number of hydrogen-bond acceptors (Lipinski definition) is 7. The number of carbonyl (C=O) groups excluding carboxylic acids is 2. The topological polar surface area (TPSA) is 147 Å². The largest absolute Gasteiger partial charge is 0.481 e. The van der Waals surface area contributed by atoms with Gasteiger partial charge >= 0.3 is 23.9 Å². The molecule has 3 fully saturated rings. The van der Waals surface area contributed by atoms with Crippen LogP contribution in [-0.2, 0) is 28.7 Å². The summed E-state index contributed by atoms with van der Waals surface area (Å²) in [6.45, 7) is 1.59. The van der Waals surface area contributed by atoms with Gasteiger partial charge in [0.15, 0.2) is 0 Å².